The molecule has 1 atom stereocenters. The van der Waals surface area contributed by atoms with E-state index in [1.807, 2.05) is 46.9 Å². The molecule has 27 heavy (non-hydrogen) atoms. The molecule has 0 radical (unpaired) electrons. The predicted molar refractivity (Wildman–Crippen MR) is 112 cm³/mol. The average Bonchev–Trinajstić information content (AvgIpc) is 3.02. The third kappa shape index (κ3) is 4.32. The fourth-order valence-corrected chi connectivity index (χ4v) is 3.76. The number of hydrogen-bond donors (Lipinski definition) is 1. The first kappa shape index (κ1) is 19.4. The van der Waals surface area contributed by atoms with Gasteiger partial charge in [0.15, 0.2) is 0 Å². The van der Waals surface area contributed by atoms with E-state index in [9.17, 15) is 9.59 Å². The molecule has 0 unspecified atom stereocenters. The van der Waals surface area contributed by atoms with E-state index < -0.39 is 18.1 Å². The summed E-state index contributed by atoms with van der Waals surface area (Å²) in [6.45, 7) is 3.81. The summed E-state index contributed by atoms with van der Waals surface area (Å²) in [5.74, 6) is -0.522. The van der Waals surface area contributed by atoms with Crippen LogP contribution in [0.5, 0.6) is 0 Å². The lowest BCUT2D eigenvalue weighted by atomic mass is 9.98. The van der Waals surface area contributed by atoms with Crippen LogP contribution < -0.4 is 5.32 Å². The molecule has 0 saturated carbocycles. The number of benzene rings is 2. The van der Waals surface area contributed by atoms with Crippen molar-refractivity contribution in [1.82, 2.24) is 5.32 Å². The first-order valence-electron chi connectivity index (χ1n) is 8.60. The van der Waals surface area contributed by atoms with Gasteiger partial charge in [0.25, 0.3) is 0 Å². The Labute approximate surface area is 171 Å². The van der Waals surface area contributed by atoms with Gasteiger partial charge in [-0.2, -0.15) is 0 Å². The number of carbonyl (C=O) groups is 2. The minimum absolute atomic E-state index is 0.0195. The van der Waals surface area contributed by atoms with E-state index in [0.717, 1.165) is 11.1 Å². The Hall–Kier alpha value is -2.35. The lowest BCUT2D eigenvalue weighted by Gasteiger charge is -2.17. The zero-order valence-electron chi connectivity index (χ0n) is 14.7. The van der Waals surface area contributed by atoms with Crippen molar-refractivity contribution < 1.29 is 19.1 Å². The molecule has 140 valence electrons. The maximum atomic E-state index is 12.2. The number of rotatable bonds is 7. The molecular formula is C21H20INO4. The summed E-state index contributed by atoms with van der Waals surface area (Å²) in [7, 11) is 0. The molecule has 6 heteroatoms. The van der Waals surface area contributed by atoms with Crippen LogP contribution in [-0.4, -0.2) is 35.7 Å². The molecule has 1 amide bonds. The van der Waals surface area contributed by atoms with Gasteiger partial charge < -0.3 is 14.8 Å². The van der Waals surface area contributed by atoms with Crippen LogP contribution in [0, 0.1) is 0 Å². The molecule has 3 rings (SSSR count). The minimum atomic E-state index is -0.749. The predicted octanol–water partition coefficient (Wildman–Crippen LogP) is 4.06. The highest BCUT2D eigenvalue weighted by Gasteiger charge is 2.29. The van der Waals surface area contributed by atoms with Crippen LogP contribution in [0.15, 0.2) is 61.2 Å². The van der Waals surface area contributed by atoms with Gasteiger partial charge in [-0.15, -0.1) is 0 Å². The average molecular weight is 477 g/mol. The number of carbonyl (C=O) groups excluding carboxylic acids is 2. The van der Waals surface area contributed by atoms with E-state index in [0.29, 0.717) is 4.43 Å². The molecule has 2 aromatic rings. The molecule has 0 aliphatic heterocycles. The highest BCUT2D eigenvalue weighted by molar-refractivity contribution is 14.1. The number of fused-ring (bicyclic) bond motifs is 3. The van der Waals surface area contributed by atoms with Crippen molar-refractivity contribution in [3.8, 4) is 11.1 Å². The number of ether oxygens (including phenoxy) is 2. The maximum absolute atomic E-state index is 12.2. The lowest BCUT2D eigenvalue weighted by Crippen LogP contribution is -2.43. The maximum Gasteiger partial charge on any atom is 0.407 e. The second kappa shape index (κ2) is 9.03. The summed E-state index contributed by atoms with van der Waals surface area (Å²) in [5, 5.41) is 2.57. The van der Waals surface area contributed by atoms with Gasteiger partial charge in [0.2, 0.25) is 0 Å². The van der Waals surface area contributed by atoms with E-state index in [1.54, 1.807) is 0 Å². The Morgan fingerprint density at radius 2 is 1.67 bits per heavy atom. The van der Waals surface area contributed by atoms with E-state index in [4.69, 9.17) is 9.47 Å². The van der Waals surface area contributed by atoms with Crippen molar-refractivity contribution in [3.05, 3.63) is 72.3 Å². The summed E-state index contributed by atoms with van der Waals surface area (Å²) in [5.41, 5.74) is 4.62. The molecule has 0 saturated heterocycles. The van der Waals surface area contributed by atoms with Gasteiger partial charge in [-0.05, 0) is 22.3 Å². The first-order valence-corrected chi connectivity index (χ1v) is 10.1. The Morgan fingerprint density at radius 1 is 1.07 bits per heavy atom. The van der Waals surface area contributed by atoms with Crippen molar-refractivity contribution in [1.29, 1.82) is 0 Å². The van der Waals surface area contributed by atoms with Crippen molar-refractivity contribution >= 4 is 34.7 Å². The number of alkyl carbamates (subject to hydrolysis) is 1. The molecule has 1 N–H and O–H groups in total. The van der Waals surface area contributed by atoms with Crippen LogP contribution in [0.1, 0.15) is 17.0 Å². The molecule has 0 fully saturated rings. The fraction of sp³-hybridized carbons (Fsp3) is 0.238. The van der Waals surface area contributed by atoms with Gasteiger partial charge in [-0.3, -0.25) is 0 Å². The highest BCUT2D eigenvalue weighted by atomic mass is 127. The van der Waals surface area contributed by atoms with Gasteiger partial charge in [-0.25, -0.2) is 9.59 Å². The molecule has 0 bridgehead atoms. The monoisotopic (exact) mass is 477 g/mol. The van der Waals surface area contributed by atoms with Crippen LogP contribution in [0.25, 0.3) is 11.1 Å². The molecule has 0 heterocycles. The Kier molecular flexibility index (Phi) is 6.49. The number of amides is 1. The standard InChI is InChI=1S/C21H20INO4/c1-2-11-26-20(24)19(12-22)23-21(25)27-13-18-16-9-5-3-7-14(16)15-8-4-6-10-17(15)18/h2-10,18-19H,1,11-13H2,(H,23,25)/t19-/m0/s1. The van der Waals surface area contributed by atoms with Crippen LogP contribution in [0.2, 0.25) is 0 Å². The Morgan fingerprint density at radius 3 is 2.22 bits per heavy atom. The van der Waals surface area contributed by atoms with E-state index in [-0.39, 0.29) is 19.1 Å². The minimum Gasteiger partial charge on any atom is -0.460 e. The smallest absolute Gasteiger partial charge is 0.407 e. The van der Waals surface area contributed by atoms with E-state index >= 15 is 0 Å². The number of esters is 1. The molecule has 0 spiro atoms. The normalized spacial score (nSPS) is 13.2. The van der Waals surface area contributed by atoms with Crippen LogP contribution in [0.4, 0.5) is 4.79 Å². The zero-order chi connectivity index (χ0) is 19.2. The number of halogens is 1. The first-order chi connectivity index (χ1) is 13.2. The summed E-state index contributed by atoms with van der Waals surface area (Å²) >= 11 is 2.02. The summed E-state index contributed by atoms with van der Waals surface area (Å²) in [6, 6.07) is 15.5. The van der Waals surface area contributed by atoms with Gasteiger partial charge in [0, 0.05) is 10.3 Å². The van der Waals surface area contributed by atoms with E-state index in [2.05, 4.69) is 36.2 Å². The topological polar surface area (TPSA) is 64.6 Å². The van der Waals surface area contributed by atoms with Crippen LogP contribution >= 0.6 is 22.6 Å². The molecular weight excluding hydrogens is 457 g/mol. The van der Waals surface area contributed by atoms with Gasteiger partial charge in [0.1, 0.15) is 19.3 Å². The summed E-state index contributed by atoms with van der Waals surface area (Å²) in [4.78, 5) is 24.1. The van der Waals surface area contributed by atoms with Crippen molar-refractivity contribution in [2.24, 2.45) is 0 Å². The third-order valence-corrected chi connectivity index (χ3v) is 5.30. The van der Waals surface area contributed by atoms with Crippen LogP contribution in [-0.2, 0) is 14.3 Å². The second-order valence-electron chi connectivity index (χ2n) is 6.10. The molecule has 1 aliphatic rings. The highest BCUT2D eigenvalue weighted by Crippen LogP contribution is 2.44. The van der Waals surface area contributed by atoms with Crippen LogP contribution in [0.3, 0.4) is 0 Å². The molecule has 1 aliphatic carbocycles. The van der Waals surface area contributed by atoms with Gasteiger partial charge in [0.05, 0.1) is 0 Å². The number of alkyl halides is 1. The largest absolute Gasteiger partial charge is 0.460 e. The van der Waals surface area contributed by atoms with Crippen molar-refractivity contribution in [2.45, 2.75) is 12.0 Å². The fourth-order valence-electron chi connectivity index (χ4n) is 3.18. The van der Waals surface area contributed by atoms with Gasteiger partial charge >= 0.3 is 12.1 Å². The van der Waals surface area contributed by atoms with Crippen molar-refractivity contribution in [2.75, 3.05) is 17.6 Å². The Balaban J connectivity index is 1.65. The molecule has 0 aromatic heterocycles. The zero-order valence-corrected chi connectivity index (χ0v) is 16.8. The molecule has 2 aromatic carbocycles. The summed E-state index contributed by atoms with van der Waals surface area (Å²) < 4.78 is 10.8. The lowest BCUT2D eigenvalue weighted by molar-refractivity contribution is -0.144. The number of nitrogens with one attached hydrogen (secondary N) is 1. The number of hydrogen-bond acceptors (Lipinski definition) is 4. The SMILES string of the molecule is C=CCOC(=O)[C@H](CI)NC(=O)OCC1c2ccccc2-c2ccccc21. The second-order valence-corrected chi connectivity index (χ2v) is 6.98. The third-order valence-electron chi connectivity index (χ3n) is 4.42. The Bertz CT molecular complexity index is 806. The van der Waals surface area contributed by atoms with Gasteiger partial charge in [-0.1, -0.05) is 83.8 Å². The molecule has 5 nitrogen and oxygen atoms in total. The van der Waals surface area contributed by atoms with E-state index in [1.165, 1.54) is 17.2 Å². The summed E-state index contributed by atoms with van der Waals surface area (Å²) in [6.07, 6.45) is 0.851. The quantitative estimate of drug-likeness (QED) is 0.283. The van der Waals surface area contributed by atoms with Crippen molar-refractivity contribution in [3.63, 3.8) is 0 Å².